The summed E-state index contributed by atoms with van der Waals surface area (Å²) in [6.45, 7) is 1.93. The van der Waals surface area contributed by atoms with Crippen molar-refractivity contribution >= 4 is 17.6 Å². The van der Waals surface area contributed by atoms with Crippen LogP contribution in [0.5, 0.6) is 0 Å². The Labute approximate surface area is 113 Å². The summed E-state index contributed by atoms with van der Waals surface area (Å²) in [5, 5.41) is 13.0. The van der Waals surface area contributed by atoms with E-state index in [4.69, 9.17) is 15.6 Å². The molecule has 0 atom stereocenters. The normalized spacial score (nSPS) is 10.2. The predicted molar refractivity (Wildman–Crippen MR) is 68.7 cm³/mol. The molecule has 0 aliphatic carbocycles. The highest BCUT2D eigenvalue weighted by molar-refractivity contribution is 5.92. The van der Waals surface area contributed by atoms with E-state index in [0.29, 0.717) is 0 Å². The number of carboxylic acid groups (broad SMARTS) is 1. The van der Waals surface area contributed by atoms with E-state index < -0.39 is 11.9 Å². The van der Waals surface area contributed by atoms with Gasteiger partial charge in [-0.25, -0.2) is 19.3 Å². The van der Waals surface area contributed by atoms with Gasteiger partial charge in [0.15, 0.2) is 5.82 Å². The quantitative estimate of drug-likeness (QED) is 0.789. The molecule has 0 amide bonds. The molecule has 2 rings (SSSR count). The zero-order chi connectivity index (χ0) is 14.7. The van der Waals surface area contributed by atoms with E-state index in [-0.39, 0.29) is 29.2 Å². The summed E-state index contributed by atoms with van der Waals surface area (Å²) in [5.41, 5.74) is 5.83. The van der Waals surface area contributed by atoms with Crippen molar-refractivity contribution in [3.8, 4) is 5.82 Å². The van der Waals surface area contributed by atoms with Crippen LogP contribution in [0.4, 0.5) is 5.69 Å². The topological polar surface area (TPSA) is 120 Å². The van der Waals surface area contributed by atoms with Crippen LogP contribution in [0.2, 0.25) is 0 Å². The number of pyridine rings is 1. The third-order valence-electron chi connectivity index (χ3n) is 2.43. The average Bonchev–Trinajstić information content (AvgIpc) is 2.88. The SMILES string of the molecule is CCOC(=O)c1cnn(-c2ncc(N)cc2C(=O)O)c1. The van der Waals surface area contributed by atoms with Crippen LogP contribution in [-0.4, -0.2) is 38.4 Å². The number of aromatic nitrogens is 3. The Bertz CT molecular complexity index is 665. The summed E-state index contributed by atoms with van der Waals surface area (Å²) in [5.74, 6) is -1.65. The molecule has 0 aliphatic rings. The van der Waals surface area contributed by atoms with Crippen molar-refractivity contribution in [2.24, 2.45) is 0 Å². The zero-order valence-corrected chi connectivity index (χ0v) is 10.6. The van der Waals surface area contributed by atoms with Gasteiger partial charge in [-0.15, -0.1) is 0 Å². The Kier molecular flexibility index (Phi) is 3.65. The van der Waals surface area contributed by atoms with Gasteiger partial charge in [0.2, 0.25) is 0 Å². The van der Waals surface area contributed by atoms with Gasteiger partial charge in [0, 0.05) is 6.20 Å². The Morgan fingerprint density at radius 2 is 2.20 bits per heavy atom. The van der Waals surface area contributed by atoms with Gasteiger partial charge in [-0.2, -0.15) is 5.10 Å². The first-order valence-electron chi connectivity index (χ1n) is 5.74. The Morgan fingerprint density at radius 1 is 1.45 bits per heavy atom. The molecule has 0 aliphatic heterocycles. The van der Waals surface area contributed by atoms with Crippen LogP contribution >= 0.6 is 0 Å². The third kappa shape index (κ3) is 2.58. The van der Waals surface area contributed by atoms with Crippen molar-refractivity contribution in [1.82, 2.24) is 14.8 Å². The molecule has 0 saturated carbocycles. The summed E-state index contributed by atoms with van der Waals surface area (Å²) >= 11 is 0. The van der Waals surface area contributed by atoms with Crippen LogP contribution in [0.1, 0.15) is 27.6 Å². The first kappa shape index (κ1) is 13.5. The number of nitrogens with two attached hydrogens (primary N) is 1. The maximum atomic E-state index is 11.5. The molecule has 0 bridgehead atoms. The second-order valence-electron chi connectivity index (χ2n) is 3.84. The minimum atomic E-state index is -1.19. The highest BCUT2D eigenvalue weighted by Crippen LogP contribution is 2.15. The zero-order valence-electron chi connectivity index (χ0n) is 10.6. The number of nitrogens with zero attached hydrogens (tertiary/aromatic N) is 3. The van der Waals surface area contributed by atoms with E-state index in [1.165, 1.54) is 29.3 Å². The van der Waals surface area contributed by atoms with E-state index >= 15 is 0 Å². The molecule has 0 spiro atoms. The summed E-state index contributed by atoms with van der Waals surface area (Å²) in [4.78, 5) is 26.6. The third-order valence-corrected chi connectivity index (χ3v) is 2.43. The van der Waals surface area contributed by atoms with E-state index in [0.717, 1.165) is 0 Å². The lowest BCUT2D eigenvalue weighted by molar-refractivity contribution is 0.0526. The Balaban J connectivity index is 2.42. The molecule has 2 aromatic heterocycles. The van der Waals surface area contributed by atoms with Crippen LogP contribution in [0.15, 0.2) is 24.7 Å². The van der Waals surface area contributed by atoms with Gasteiger partial charge in [-0.05, 0) is 13.0 Å². The molecule has 104 valence electrons. The second-order valence-corrected chi connectivity index (χ2v) is 3.84. The number of esters is 1. The van der Waals surface area contributed by atoms with Crippen molar-refractivity contribution in [2.45, 2.75) is 6.92 Å². The lowest BCUT2D eigenvalue weighted by Gasteiger charge is -2.05. The standard InChI is InChI=1S/C12H12N4O4/c1-2-20-12(19)7-4-15-16(6-7)10-9(11(17)18)3-8(13)5-14-10/h3-6H,2,13H2,1H3,(H,17,18). The van der Waals surface area contributed by atoms with Gasteiger partial charge in [0.05, 0.1) is 30.3 Å². The van der Waals surface area contributed by atoms with Crippen LogP contribution in [-0.2, 0) is 4.74 Å². The van der Waals surface area contributed by atoms with Gasteiger partial charge in [0.25, 0.3) is 0 Å². The molecular formula is C12H12N4O4. The molecule has 20 heavy (non-hydrogen) atoms. The highest BCUT2D eigenvalue weighted by Gasteiger charge is 2.17. The van der Waals surface area contributed by atoms with E-state index in [2.05, 4.69) is 10.1 Å². The lowest BCUT2D eigenvalue weighted by atomic mass is 10.2. The summed E-state index contributed by atoms with van der Waals surface area (Å²) < 4.78 is 6.01. The van der Waals surface area contributed by atoms with Gasteiger partial charge in [0.1, 0.15) is 5.56 Å². The van der Waals surface area contributed by atoms with Crippen LogP contribution < -0.4 is 5.73 Å². The number of hydrogen-bond acceptors (Lipinski definition) is 6. The Morgan fingerprint density at radius 3 is 2.85 bits per heavy atom. The minimum Gasteiger partial charge on any atom is -0.478 e. The molecule has 2 heterocycles. The van der Waals surface area contributed by atoms with Crippen molar-refractivity contribution in [1.29, 1.82) is 0 Å². The molecule has 2 aromatic rings. The summed E-state index contributed by atoms with van der Waals surface area (Å²) in [6.07, 6.45) is 3.94. The molecular weight excluding hydrogens is 264 g/mol. The van der Waals surface area contributed by atoms with Crippen LogP contribution in [0.3, 0.4) is 0 Å². The van der Waals surface area contributed by atoms with Crippen molar-refractivity contribution in [2.75, 3.05) is 12.3 Å². The van der Waals surface area contributed by atoms with Gasteiger partial charge < -0.3 is 15.6 Å². The maximum Gasteiger partial charge on any atom is 0.341 e. The van der Waals surface area contributed by atoms with E-state index in [1.54, 1.807) is 6.92 Å². The summed E-state index contributed by atoms with van der Waals surface area (Å²) in [7, 11) is 0. The number of ether oxygens (including phenoxy) is 1. The number of nitrogen functional groups attached to an aromatic ring is 1. The number of carbonyl (C=O) groups is 2. The average molecular weight is 276 g/mol. The monoisotopic (exact) mass is 276 g/mol. The van der Waals surface area contributed by atoms with Crippen molar-refractivity contribution in [3.05, 3.63) is 35.8 Å². The largest absolute Gasteiger partial charge is 0.478 e. The van der Waals surface area contributed by atoms with Gasteiger partial charge in [-0.1, -0.05) is 0 Å². The molecule has 0 saturated heterocycles. The molecule has 8 nitrogen and oxygen atoms in total. The smallest absolute Gasteiger partial charge is 0.341 e. The number of rotatable bonds is 4. The highest BCUT2D eigenvalue weighted by atomic mass is 16.5. The molecule has 3 N–H and O–H groups in total. The first-order valence-corrected chi connectivity index (χ1v) is 5.74. The van der Waals surface area contributed by atoms with Crippen molar-refractivity contribution < 1.29 is 19.4 Å². The lowest BCUT2D eigenvalue weighted by Crippen LogP contribution is -2.09. The number of anilines is 1. The molecule has 0 unspecified atom stereocenters. The molecule has 0 aromatic carbocycles. The van der Waals surface area contributed by atoms with Crippen molar-refractivity contribution in [3.63, 3.8) is 0 Å². The van der Waals surface area contributed by atoms with Gasteiger partial charge >= 0.3 is 11.9 Å². The van der Waals surface area contributed by atoms with E-state index in [1.807, 2.05) is 0 Å². The van der Waals surface area contributed by atoms with E-state index in [9.17, 15) is 9.59 Å². The maximum absolute atomic E-state index is 11.5. The fourth-order valence-electron chi connectivity index (χ4n) is 1.57. The number of carbonyl (C=O) groups excluding carboxylic acids is 1. The van der Waals surface area contributed by atoms with Gasteiger partial charge in [-0.3, -0.25) is 0 Å². The first-order chi connectivity index (χ1) is 9.52. The number of carboxylic acids is 1. The molecule has 0 radical (unpaired) electrons. The minimum absolute atomic E-state index is 0.0715. The van der Waals surface area contributed by atoms with Crippen LogP contribution in [0, 0.1) is 0 Å². The number of hydrogen-bond donors (Lipinski definition) is 2. The molecule has 0 fully saturated rings. The molecule has 8 heteroatoms. The number of aromatic carboxylic acids is 1. The fraction of sp³-hybridized carbons (Fsp3) is 0.167. The summed E-state index contributed by atoms with van der Waals surface area (Å²) in [6, 6.07) is 1.27. The fourth-order valence-corrected chi connectivity index (χ4v) is 1.57. The Hall–Kier alpha value is -2.90. The van der Waals surface area contributed by atoms with Crippen LogP contribution in [0.25, 0.3) is 5.82 Å². The predicted octanol–water partition coefficient (Wildman–Crippen LogP) is 0.724. The second kappa shape index (κ2) is 5.39.